The molecule has 1 aromatic carbocycles. The van der Waals surface area contributed by atoms with Gasteiger partial charge in [0.2, 0.25) is 11.8 Å². The predicted octanol–water partition coefficient (Wildman–Crippen LogP) is 2.38. The summed E-state index contributed by atoms with van der Waals surface area (Å²) < 4.78 is 0. The summed E-state index contributed by atoms with van der Waals surface area (Å²) in [4.78, 5) is 23.4. The zero-order valence-corrected chi connectivity index (χ0v) is 12.2. The Morgan fingerprint density at radius 2 is 1.75 bits per heavy atom. The summed E-state index contributed by atoms with van der Waals surface area (Å²) in [5.41, 5.74) is 0.796. The highest BCUT2D eigenvalue weighted by Crippen LogP contribution is 2.20. The number of nitrogens with one attached hydrogen (secondary N) is 2. The second-order valence-electron chi connectivity index (χ2n) is 5.66. The smallest absolute Gasteiger partial charge is 0.229 e. The van der Waals surface area contributed by atoms with Crippen molar-refractivity contribution in [1.29, 1.82) is 0 Å². The zero-order chi connectivity index (χ0) is 15.2. The molecular weight excluding hydrogens is 256 g/mol. The summed E-state index contributed by atoms with van der Waals surface area (Å²) in [5.74, 6) is -0.236. The third kappa shape index (κ3) is 5.40. The number of carbonyl (C=O) groups excluding carboxylic acids is 2. The Balaban J connectivity index is 2.66. The molecular formula is C15H22N2O3. The summed E-state index contributed by atoms with van der Waals surface area (Å²) in [6.07, 6.45) is 0.710. The van der Waals surface area contributed by atoms with Crippen molar-refractivity contribution in [2.45, 2.75) is 33.6 Å². The molecule has 2 amide bonds. The van der Waals surface area contributed by atoms with E-state index >= 15 is 0 Å². The van der Waals surface area contributed by atoms with Gasteiger partial charge in [-0.2, -0.15) is 0 Å². The van der Waals surface area contributed by atoms with E-state index in [1.54, 1.807) is 24.3 Å². The maximum atomic E-state index is 11.9. The largest absolute Gasteiger partial charge is 0.396 e. The number of aliphatic hydroxyl groups is 1. The number of rotatable bonds is 5. The van der Waals surface area contributed by atoms with Crippen LogP contribution in [0.2, 0.25) is 0 Å². The number of aliphatic hydroxyl groups excluding tert-OH is 1. The van der Waals surface area contributed by atoms with Crippen molar-refractivity contribution >= 4 is 23.2 Å². The molecule has 0 bridgehead atoms. The van der Waals surface area contributed by atoms with Crippen LogP contribution in [0.5, 0.6) is 0 Å². The first kappa shape index (κ1) is 16.2. The van der Waals surface area contributed by atoms with Gasteiger partial charge < -0.3 is 15.7 Å². The van der Waals surface area contributed by atoms with Gasteiger partial charge in [0.25, 0.3) is 0 Å². The van der Waals surface area contributed by atoms with Gasteiger partial charge in [-0.3, -0.25) is 9.59 Å². The number of anilines is 2. The van der Waals surface area contributed by atoms with Crippen LogP contribution in [0.1, 0.15) is 33.6 Å². The molecule has 0 atom stereocenters. The van der Waals surface area contributed by atoms with Gasteiger partial charge in [-0.05, 0) is 24.6 Å². The van der Waals surface area contributed by atoms with Crippen molar-refractivity contribution in [2.75, 3.05) is 17.2 Å². The molecule has 0 aromatic heterocycles. The monoisotopic (exact) mass is 278 g/mol. The minimum atomic E-state index is -0.472. The molecule has 0 spiro atoms. The van der Waals surface area contributed by atoms with Crippen LogP contribution in [0, 0.1) is 5.41 Å². The first-order chi connectivity index (χ1) is 9.32. The van der Waals surface area contributed by atoms with E-state index < -0.39 is 5.41 Å². The van der Waals surface area contributed by atoms with Crippen LogP contribution in [-0.2, 0) is 9.59 Å². The van der Waals surface area contributed by atoms with E-state index in [-0.39, 0.29) is 24.8 Å². The molecule has 0 saturated carbocycles. The Morgan fingerprint density at radius 3 is 2.30 bits per heavy atom. The molecule has 0 aliphatic heterocycles. The van der Waals surface area contributed by atoms with Crippen LogP contribution >= 0.6 is 0 Å². The van der Waals surface area contributed by atoms with E-state index in [2.05, 4.69) is 10.6 Å². The quantitative estimate of drug-likeness (QED) is 0.773. The molecule has 5 nitrogen and oxygen atoms in total. The summed E-state index contributed by atoms with van der Waals surface area (Å²) in [6, 6.07) is 7.00. The van der Waals surface area contributed by atoms with E-state index in [9.17, 15) is 9.59 Å². The van der Waals surface area contributed by atoms with Gasteiger partial charge in [0.15, 0.2) is 0 Å². The average molecular weight is 278 g/mol. The Kier molecular flexibility index (Phi) is 5.70. The maximum Gasteiger partial charge on any atom is 0.229 e. The molecule has 0 heterocycles. The lowest BCUT2D eigenvalue weighted by molar-refractivity contribution is -0.123. The van der Waals surface area contributed by atoms with Crippen molar-refractivity contribution in [2.24, 2.45) is 5.41 Å². The van der Waals surface area contributed by atoms with Gasteiger partial charge >= 0.3 is 0 Å². The van der Waals surface area contributed by atoms with Gasteiger partial charge in [-0.25, -0.2) is 0 Å². The van der Waals surface area contributed by atoms with Crippen LogP contribution < -0.4 is 10.6 Å². The summed E-state index contributed by atoms with van der Waals surface area (Å²) in [6.45, 7) is 5.50. The number of benzene rings is 1. The second-order valence-corrected chi connectivity index (χ2v) is 5.66. The van der Waals surface area contributed by atoms with Crippen molar-refractivity contribution in [1.82, 2.24) is 0 Å². The first-order valence-electron chi connectivity index (χ1n) is 6.65. The van der Waals surface area contributed by atoms with Gasteiger partial charge in [0.05, 0.1) is 0 Å². The minimum absolute atomic E-state index is 0.00486. The lowest BCUT2D eigenvalue weighted by Gasteiger charge is -2.18. The van der Waals surface area contributed by atoms with Crippen LogP contribution in [-0.4, -0.2) is 23.5 Å². The van der Waals surface area contributed by atoms with Crippen molar-refractivity contribution in [3.05, 3.63) is 24.3 Å². The fourth-order valence-electron chi connectivity index (χ4n) is 1.46. The molecule has 1 aromatic rings. The summed E-state index contributed by atoms with van der Waals surface area (Å²) in [7, 11) is 0. The first-order valence-corrected chi connectivity index (χ1v) is 6.65. The molecule has 1 rings (SSSR count). The molecule has 0 saturated heterocycles. The van der Waals surface area contributed by atoms with Gasteiger partial charge in [0.1, 0.15) is 0 Å². The van der Waals surface area contributed by atoms with E-state index in [1.807, 2.05) is 20.8 Å². The zero-order valence-electron chi connectivity index (χ0n) is 12.2. The normalized spacial score (nSPS) is 11.0. The SMILES string of the molecule is CC(C)(C)C(=O)Nc1cccc(NC(=O)CCCO)c1. The molecule has 0 fully saturated rings. The Labute approximate surface area is 119 Å². The fourth-order valence-corrected chi connectivity index (χ4v) is 1.46. The molecule has 3 N–H and O–H groups in total. The number of hydrogen-bond acceptors (Lipinski definition) is 3. The Bertz CT molecular complexity index is 478. The van der Waals surface area contributed by atoms with E-state index in [4.69, 9.17) is 5.11 Å². The summed E-state index contributed by atoms with van der Waals surface area (Å²) in [5, 5.41) is 14.2. The number of hydrogen-bond donors (Lipinski definition) is 3. The third-order valence-electron chi connectivity index (χ3n) is 2.65. The molecule has 110 valence electrons. The van der Waals surface area contributed by atoms with Gasteiger partial charge in [0, 0.05) is 29.8 Å². The fraction of sp³-hybridized carbons (Fsp3) is 0.467. The predicted molar refractivity (Wildman–Crippen MR) is 79.5 cm³/mol. The van der Waals surface area contributed by atoms with Crippen LogP contribution in [0.3, 0.4) is 0 Å². The van der Waals surface area contributed by atoms with Crippen LogP contribution in [0.4, 0.5) is 11.4 Å². The number of amides is 2. The highest BCUT2D eigenvalue weighted by atomic mass is 16.3. The molecule has 0 aliphatic rings. The minimum Gasteiger partial charge on any atom is -0.396 e. The lowest BCUT2D eigenvalue weighted by atomic mass is 9.95. The van der Waals surface area contributed by atoms with E-state index in [0.29, 0.717) is 17.8 Å². The van der Waals surface area contributed by atoms with Gasteiger partial charge in [-0.1, -0.05) is 26.8 Å². The molecule has 0 aliphatic carbocycles. The van der Waals surface area contributed by atoms with Gasteiger partial charge in [-0.15, -0.1) is 0 Å². The maximum absolute atomic E-state index is 11.9. The number of carbonyl (C=O) groups is 2. The van der Waals surface area contributed by atoms with Crippen molar-refractivity contribution in [3.63, 3.8) is 0 Å². The molecule has 0 unspecified atom stereocenters. The molecule has 0 radical (unpaired) electrons. The van der Waals surface area contributed by atoms with Crippen molar-refractivity contribution < 1.29 is 14.7 Å². The van der Waals surface area contributed by atoms with Crippen LogP contribution in [0.25, 0.3) is 0 Å². The highest BCUT2D eigenvalue weighted by Gasteiger charge is 2.21. The summed E-state index contributed by atoms with van der Waals surface area (Å²) >= 11 is 0. The topological polar surface area (TPSA) is 78.4 Å². The van der Waals surface area contributed by atoms with E-state index in [0.717, 1.165) is 0 Å². The molecule has 20 heavy (non-hydrogen) atoms. The third-order valence-corrected chi connectivity index (χ3v) is 2.65. The second kappa shape index (κ2) is 7.05. The average Bonchev–Trinajstić information content (AvgIpc) is 2.35. The Hall–Kier alpha value is -1.88. The standard InChI is InChI=1S/C15H22N2O3/c1-15(2,3)14(20)17-12-7-4-6-11(10-12)16-13(19)8-5-9-18/h4,6-7,10,18H,5,8-9H2,1-3H3,(H,16,19)(H,17,20). The lowest BCUT2D eigenvalue weighted by Crippen LogP contribution is -2.27. The van der Waals surface area contributed by atoms with Crippen molar-refractivity contribution in [3.8, 4) is 0 Å². The van der Waals surface area contributed by atoms with E-state index in [1.165, 1.54) is 0 Å². The highest BCUT2D eigenvalue weighted by molar-refractivity contribution is 5.96. The molecule has 5 heteroatoms. The van der Waals surface area contributed by atoms with Crippen LogP contribution in [0.15, 0.2) is 24.3 Å². The Morgan fingerprint density at radius 1 is 1.15 bits per heavy atom.